The van der Waals surface area contributed by atoms with E-state index in [2.05, 4.69) is 36.1 Å². The maximum Gasteiger partial charge on any atom is 0.125 e. The Labute approximate surface area is 119 Å². The number of aryl methyl sites for hydroxylation is 1. The van der Waals surface area contributed by atoms with Gasteiger partial charge in [-0.25, -0.2) is 4.39 Å². The van der Waals surface area contributed by atoms with Crippen LogP contribution in [0.3, 0.4) is 0 Å². The van der Waals surface area contributed by atoms with Crippen LogP contribution in [0, 0.1) is 12.7 Å². The third-order valence-electron chi connectivity index (χ3n) is 3.96. The van der Waals surface area contributed by atoms with Gasteiger partial charge in [0.15, 0.2) is 0 Å². The van der Waals surface area contributed by atoms with Gasteiger partial charge in [-0.15, -0.1) is 0 Å². The molecule has 1 atom stereocenters. The summed E-state index contributed by atoms with van der Waals surface area (Å²) >= 11 is 0. The summed E-state index contributed by atoms with van der Waals surface area (Å²) in [6, 6.07) is 13.3. The topological polar surface area (TPSA) is 29.3 Å². The van der Waals surface area contributed by atoms with Crippen LogP contribution in [0.15, 0.2) is 42.5 Å². The van der Waals surface area contributed by atoms with Crippen LogP contribution >= 0.6 is 0 Å². The molecule has 0 amide bonds. The summed E-state index contributed by atoms with van der Waals surface area (Å²) in [5, 5.41) is 0. The summed E-state index contributed by atoms with van der Waals surface area (Å²) in [4.78, 5) is 2.18. The van der Waals surface area contributed by atoms with E-state index in [-0.39, 0.29) is 11.9 Å². The van der Waals surface area contributed by atoms with Crippen LogP contribution in [0.4, 0.5) is 10.1 Å². The average Bonchev–Trinajstić information content (AvgIpc) is 2.82. The van der Waals surface area contributed by atoms with Gasteiger partial charge in [-0.2, -0.15) is 0 Å². The van der Waals surface area contributed by atoms with Crippen LogP contribution in [0.25, 0.3) is 0 Å². The van der Waals surface area contributed by atoms with Gasteiger partial charge in [0, 0.05) is 24.8 Å². The van der Waals surface area contributed by atoms with E-state index in [1.54, 1.807) is 6.07 Å². The van der Waals surface area contributed by atoms with Crippen molar-refractivity contribution in [2.45, 2.75) is 19.4 Å². The van der Waals surface area contributed by atoms with E-state index in [0.29, 0.717) is 0 Å². The van der Waals surface area contributed by atoms with Gasteiger partial charge in [0.1, 0.15) is 5.82 Å². The van der Waals surface area contributed by atoms with E-state index < -0.39 is 0 Å². The molecule has 0 aliphatic carbocycles. The molecule has 104 valence electrons. The van der Waals surface area contributed by atoms with Crippen molar-refractivity contribution < 1.29 is 4.39 Å². The molecule has 2 nitrogen and oxygen atoms in total. The van der Waals surface area contributed by atoms with Crippen molar-refractivity contribution in [1.29, 1.82) is 0 Å². The van der Waals surface area contributed by atoms with Crippen molar-refractivity contribution in [2.24, 2.45) is 5.73 Å². The molecule has 1 aliphatic heterocycles. The lowest BCUT2D eigenvalue weighted by Gasteiger charge is -2.24. The molecule has 0 spiro atoms. The van der Waals surface area contributed by atoms with E-state index in [0.717, 1.165) is 30.8 Å². The van der Waals surface area contributed by atoms with E-state index >= 15 is 0 Å². The molecule has 1 aliphatic rings. The lowest BCUT2D eigenvalue weighted by Crippen LogP contribution is -2.30. The van der Waals surface area contributed by atoms with Gasteiger partial charge in [0.25, 0.3) is 0 Å². The van der Waals surface area contributed by atoms with Gasteiger partial charge in [-0.1, -0.05) is 35.9 Å². The number of anilines is 1. The molecule has 2 aromatic carbocycles. The van der Waals surface area contributed by atoms with Gasteiger partial charge in [-0.05, 0) is 36.6 Å². The molecule has 0 bridgehead atoms. The molecule has 0 saturated carbocycles. The molecule has 3 heteroatoms. The Morgan fingerprint density at radius 3 is 2.70 bits per heavy atom. The van der Waals surface area contributed by atoms with E-state index in [1.165, 1.54) is 17.2 Å². The zero-order valence-electron chi connectivity index (χ0n) is 11.6. The monoisotopic (exact) mass is 270 g/mol. The highest BCUT2D eigenvalue weighted by Crippen LogP contribution is 2.30. The summed E-state index contributed by atoms with van der Waals surface area (Å²) < 4.78 is 13.4. The predicted molar refractivity (Wildman–Crippen MR) is 80.4 cm³/mol. The summed E-state index contributed by atoms with van der Waals surface area (Å²) in [6.07, 6.45) is 0.968. The molecule has 1 unspecified atom stereocenters. The van der Waals surface area contributed by atoms with Gasteiger partial charge >= 0.3 is 0 Å². The minimum atomic E-state index is -0.181. The smallest absolute Gasteiger partial charge is 0.125 e. The third kappa shape index (κ3) is 2.54. The first kappa shape index (κ1) is 13.1. The molecule has 2 aromatic rings. The SMILES string of the molecule is Cc1ccc(C(N)CN2CCc3ccc(F)cc32)cc1. The molecule has 20 heavy (non-hydrogen) atoms. The maximum atomic E-state index is 13.4. The van der Waals surface area contributed by atoms with Crippen LogP contribution in [0.2, 0.25) is 0 Å². The van der Waals surface area contributed by atoms with Crippen molar-refractivity contribution in [2.75, 3.05) is 18.0 Å². The fraction of sp³-hybridized carbons (Fsp3) is 0.294. The zero-order chi connectivity index (χ0) is 14.1. The Morgan fingerprint density at radius 1 is 1.20 bits per heavy atom. The summed E-state index contributed by atoms with van der Waals surface area (Å²) in [5.74, 6) is -0.181. The maximum absolute atomic E-state index is 13.4. The second-order valence-corrected chi connectivity index (χ2v) is 5.49. The Bertz CT molecular complexity index is 607. The molecule has 0 radical (unpaired) electrons. The van der Waals surface area contributed by atoms with Crippen molar-refractivity contribution in [3.05, 3.63) is 65.0 Å². The summed E-state index contributed by atoms with van der Waals surface area (Å²) in [7, 11) is 0. The third-order valence-corrected chi connectivity index (χ3v) is 3.96. The number of hydrogen-bond donors (Lipinski definition) is 1. The second kappa shape index (κ2) is 5.25. The summed E-state index contributed by atoms with van der Waals surface area (Å²) in [5.41, 5.74) is 10.8. The molecular weight excluding hydrogens is 251 g/mol. The fourth-order valence-electron chi connectivity index (χ4n) is 2.76. The fourth-order valence-corrected chi connectivity index (χ4v) is 2.76. The lowest BCUT2D eigenvalue weighted by atomic mass is 10.1. The van der Waals surface area contributed by atoms with Crippen molar-refractivity contribution in [3.8, 4) is 0 Å². The van der Waals surface area contributed by atoms with Crippen LogP contribution in [0.5, 0.6) is 0 Å². The Kier molecular flexibility index (Phi) is 3.45. The van der Waals surface area contributed by atoms with Crippen molar-refractivity contribution in [1.82, 2.24) is 0 Å². The highest BCUT2D eigenvalue weighted by atomic mass is 19.1. The molecule has 0 fully saturated rings. The van der Waals surface area contributed by atoms with E-state index in [1.807, 2.05) is 6.07 Å². The number of benzene rings is 2. The highest BCUT2D eigenvalue weighted by Gasteiger charge is 2.21. The second-order valence-electron chi connectivity index (χ2n) is 5.49. The molecule has 0 saturated heterocycles. The standard InChI is InChI=1S/C17H19FN2/c1-12-2-4-13(5-3-12)16(19)11-20-9-8-14-6-7-15(18)10-17(14)20/h2-7,10,16H,8-9,11,19H2,1H3. The number of fused-ring (bicyclic) bond motifs is 1. The summed E-state index contributed by atoms with van der Waals surface area (Å²) in [6.45, 7) is 3.70. The average molecular weight is 270 g/mol. The largest absolute Gasteiger partial charge is 0.369 e. The first-order valence-electron chi connectivity index (χ1n) is 6.99. The normalized spacial score (nSPS) is 15.2. The molecule has 2 N–H and O–H groups in total. The van der Waals surface area contributed by atoms with Gasteiger partial charge < -0.3 is 10.6 Å². The number of halogens is 1. The molecule has 3 rings (SSSR count). The van der Waals surface area contributed by atoms with Crippen LogP contribution < -0.4 is 10.6 Å². The van der Waals surface area contributed by atoms with Crippen LogP contribution in [-0.2, 0) is 6.42 Å². The van der Waals surface area contributed by atoms with E-state index in [4.69, 9.17) is 5.73 Å². The van der Waals surface area contributed by atoms with Gasteiger partial charge in [-0.3, -0.25) is 0 Å². The first-order valence-corrected chi connectivity index (χ1v) is 6.99. The van der Waals surface area contributed by atoms with Crippen LogP contribution in [0.1, 0.15) is 22.7 Å². The minimum Gasteiger partial charge on any atom is -0.369 e. The molecular formula is C17H19FN2. The zero-order valence-corrected chi connectivity index (χ0v) is 11.6. The highest BCUT2D eigenvalue weighted by molar-refractivity contribution is 5.58. The Balaban J connectivity index is 1.76. The Hall–Kier alpha value is -1.87. The number of nitrogens with two attached hydrogens (primary N) is 1. The van der Waals surface area contributed by atoms with Gasteiger partial charge in [0.2, 0.25) is 0 Å². The van der Waals surface area contributed by atoms with E-state index in [9.17, 15) is 4.39 Å². The van der Waals surface area contributed by atoms with Gasteiger partial charge in [0.05, 0.1) is 0 Å². The van der Waals surface area contributed by atoms with Crippen molar-refractivity contribution in [3.63, 3.8) is 0 Å². The quantitative estimate of drug-likeness (QED) is 0.928. The molecule has 1 heterocycles. The number of nitrogens with zero attached hydrogens (tertiary/aromatic N) is 1. The molecule has 0 aromatic heterocycles. The Morgan fingerprint density at radius 2 is 1.95 bits per heavy atom. The van der Waals surface area contributed by atoms with Crippen LogP contribution in [-0.4, -0.2) is 13.1 Å². The number of rotatable bonds is 3. The lowest BCUT2D eigenvalue weighted by molar-refractivity contribution is 0.626. The first-order chi connectivity index (χ1) is 9.63. The number of hydrogen-bond acceptors (Lipinski definition) is 2. The van der Waals surface area contributed by atoms with Crippen molar-refractivity contribution >= 4 is 5.69 Å². The minimum absolute atomic E-state index is 0.0511. The predicted octanol–water partition coefficient (Wildman–Crippen LogP) is 3.20.